The molecule has 0 saturated carbocycles. The molecule has 3 N–H and O–H groups in total. The number of nitrogens with one attached hydrogen (secondary N) is 1. The summed E-state index contributed by atoms with van der Waals surface area (Å²) in [6, 6.07) is 14.9. The molecule has 1 heterocycles. The molecule has 0 aliphatic carbocycles. The molecule has 3 atom stereocenters. The minimum absolute atomic E-state index is 0.124. The number of benzene rings is 3. The van der Waals surface area contributed by atoms with Gasteiger partial charge in [-0.2, -0.15) is 0 Å². The van der Waals surface area contributed by atoms with Crippen LogP contribution >= 0.6 is 0 Å². The van der Waals surface area contributed by atoms with Crippen LogP contribution in [0.3, 0.4) is 0 Å². The van der Waals surface area contributed by atoms with E-state index in [0.29, 0.717) is 13.1 Å². The van der Waals surface area contributed by atoms with Crippen molar-refractivity contribution in [3.8, 4) is 5.75 Å². The lowest BCUT2D eigenvalue weighted by Gasteiger charge is -2.38. The maximum absolute atomic E-state index is 13.7. The predicted molar refractivity (Wildman–Crippen MR) is 155 cm³/mol. The van der Waals surface area contributed by atoms with Crippen LogP contribution in [0.5, 0.6) is 5.75 Å². The quantitative estimate of drug-likeness (QED) is 0.321. The van der Waals surface area contributed by atoms with Crippen LogP contribution in [0.1, 0.15) is 40.1 Å². The van der Waals surface area contributed by atoms with E-state index >= 15 is 0 Å². The molecule has 0 aromatic heterocycles. The standard InChI is InChI=1S/C30H34FN3O7S/c1-19-15-34(20(2)18-35)29(36)26-14-24(32-42(39,40)25-11-8-23(31)9-12-25)10-13-27(26)41-28(19)17-33(3)16-21-4-6-22(7-5-21)30(37)38/h4-14,19-20,28,32,35H,15-18H2,1-3H3,(H,37,38)/t19-,20-,28-/m0/s1. The van der Waals surface area contributed by atoms with Crippen molar-refractivity contribution >= 4 is 27.6 Å². The van der Waals surface area contributed by atoms with Crippen molar-refractivity contribution in [2.24, 2.45) is 5.92 Å². The van der Waals surface area contributed by atoms with E-state index in [2.05, 4.69) is 4.72 Å². The van der Waals surface area contributed by atoms with Crippen molar-refractivity contribution in [1.82, 2.24) is 9.80 Å². The van der Waals surface area contributed by atoms with Gasteiger partial charge in [-0.1, -0.05) is 19.1 Å². The Morgan fingerprint density at radius 3 is 2.43 bits per heavy atom. The zero-order valence-corrected chi connectivity index (χ0v) is 24.3. The SMILES string of the molecule is C[C@H]1CN([C@@H](C)CO)C(=O)c2cc(NS(=O)(=O)c3ccc(F)cc3)ccc2O[C@H]1CN(C)Cc1ccc(C(=O)O)cc1. The maximum atomic E-state index is 13.7. The molecular formula is C30H34FN3O7S. The number of carbonyl (C=O) groups is 2. The number of aromatic carboxylic acids is 1. The molecule has 1 aliphatic rings. The molecule has 0 spiro atoms. The number of sulfonamides is 1. The number of likely N-dealkylation sites (N-methyl/N-ethyl adjacent to an activating group) is 1. The molecule has 0 fully saturated rings. The van der Waals surface area contributed by atoms with Gasteiger partial charge in [0.1, 0.15) is 17.7 Å². The van der Waals surface area contributed by atoms with Gasteiger partial charge in [0.15, 0.2) is 0 Å². The van der Waals surface area contributed by atoms with E-state index in [1.54, 1.807) is 36.1 Å². The third-order valence-electron chi connectivity index (χ3n) is 7.19. The Balaban J connectivity index is 1.60. The number of fused-ring (bicyclic) bond motifs is 1. The summed E-state index contributed by atoms with van der Waals surface area (Å²) in [6.07, 6.45) is -0.379. The highest BCUT2D eigenvalue weighted by Gasteiger charge is 2.33. The van der Waals surface area contributed by atoms with E-state index < -0.39 is 33.8 Å². The van der Waals surface area contributed by atoms with Crippen LogP contribution in [0.15, 0.2) is 71.6 Å². The number of aliphatic hydroxyl groups is 1. The molecule has 1 aliphatic heterocycles. The van der Waals surface area contributed by atoms with Gasteiger partial charge in [-0.05, 0) is 74.1 Å². The maximum Gasteiger partial charge on any atom is 0.335 e. The second-order valence-corrected chi connectivity index (χ2v) is 12.3. The highest BCUT2D eigenvalue weighted by atomic mass is 32.2. The largest absolute Gasteiger partial charge is 0.488 e. The van der Waals surface area contributed by atoms with Crippen molar-refractivity contribution in [1.29, 1.82) is 0 Å². The van der Waals surface area contributed by atoms with Crippen LogP contribution in [0, 0.1) is 11.7 Å². The topological polar surface area (TPSA) is 136 Å². The molecule has 0 unspecified atom stereocenters. The monoisotopic (exact) mass is 599 g/mol. The van der Waals surface area contributed by atoms with Gasteiger partial charge in [-0.25, -0.2) is 17.6 Å². The first-order chi connectivity index (χ1) is 19.9. The van der Waals surface area contributed by atoms with Crippen LogP contribution in [0.25, 0.3) is 0 Å². The first-order valence-corrected chi connectivity index (χ1v) is 14.9. The number of carbonyl (C=O) groups excluding carboxylic acids is 1. The van der Waals surface area contributed by atoms with E-state index in [0.717, 1.165) is 29.8 Å². The number of aliphatic hydroxyl groups excluding tert-OH is 1. The molecule has 224 valence electrons. The number of carboxylic acid groups (broad SMARTS) is 1. The Morgan fingerprint density at radius 2 is 1.81 bits per heavy atom. The average molecular weight is 600 g/mol. The second kappa shape index (κ2) is 12.9. The van der Waals surface area contributed by atoms with Gasteiger partial charge < -0.3 is 19.8 Å². The summed E-state index contributed by atoms with van der Waals surface area (Å²) in [5.74, 6) is -1.83. The van der Waals surface area contributed by atoms with Crippen LogP contribution in [-0.2, 0) is 16.6 Å². The number of nitrogens with zero attached hydrogens (tertiary/aromatic N) is 2. The van der Waals surface area contributed by atoms with Gasteiger partial charge in [-0.3, -0.25) is 14.4 Å². The number of carboxylic acids is 1. The smallest absolute Gasteiger partial charge is 0.335 e. The van der Waals surface area contributed by atoms with E-state index in [1.165, 1.54) is 18.2 Å². The van der Waals surface area contributed by atoms with Crippen LogP contribution in [0.4, 0.5) is 10.1 Å². The third kappa shape index (κ3) is 7.25. The molecule has 0 saturated heterocycles. The van der Waals surface area contributed by atoms with Gasteiger partial charge in [0.2, 0.25) is 0 Å². The summed E-state index contributed by atoms with van der Waals surface area (Å²) in [7, 11) is -2.15. The van der Waals surface area contributed by atoms with E-state index in [1.807, 2.05) is 18.9 Å². The lowest BCUT2D eigenvalue weighted by Crippen LogP contribution is -2.49. The number of halogens is 1. The van der Waals surface area contributed by atoms with E-state index in [-0.39, 0.29) is 52.6 Å². The minimum atomic E-state index is -4.06. The van der Waals surface area contributed by atoms with Crippen molar-refractivity contribution in [2.45, 2.75) is 37.4 Å². The van der Waals surface area contributed by atoms with Crippen LogP contribution in [-0.4, -0.2) is 79.2 Å². The highest BCUT2D eigenvalue weighted by molar-refractivity contribution is 7.92. The summed E-state index contributed by atoms with van der Waals surface area (Å²) in [4.78, 5) is 28.3. The zero-order chi connectivity index (χ0) is 30.6. The summed E-state index contributed by atoms with van der Waals surface area (Å²) >= 11 is 0. The molecule has 1 amide bonds. The average Bonchev–Trinajstić information content (AvgIpc) is 2.95. The Morgan fingerprint density at radius 1 is 1.14 bits per heavy atom. The zero-order valence-electron chi connectivity index (χ0n) is 23.5. The van der Waals surface area contributed by atoms with E-state index in [4.69, 9.17) is 9.84 Å². The molecule has 12 heteroatoms. The lowest BCUT2D eigenvalue weighted by atomic mass is 9.99. The fraction of sp³-hybridized carbons (Fsp3) is 0.333. The number of hydrogen-bond acceptors (Lipinski definition) is 7. The number of rotatable bonds is 10. The van der Waals surface area contributed by atoms with Crippen molar-refractivity contribution in [3.63, 3.8) is 0 Å². The van der Waals surface area contributed by atoms with Gasteiger partial charge in [-0.15, -0.1) is 0 Å². The fourth-order valence-corrected chi connectivity index (χ4v) is 5.82. The molecular weight excluding hydrogens is 565 g/mol. The molecule has 4 rings (SSSR count). The first kappa shape index (κ1) is 30.9. The first-order valence-electron chi connectivity index (χ1n) is 13.4. The highest BCUT2D eigenvalue weighted by Crippen LogP contribution is 2.31. The lowest BCUT2D eigenvalue weighted by molar-refractivity contribution is 0.0341. The minimum Gasteiger partial charge on any atom is -0.488 e. The number of hydrogen-bond donors (Lipinski definition) is 3. The Hall–Kier alpha value is -4.00. The van der Waals surface area contributed by atoms with Crippen LogP contribution < -0.4 is 9.46 Å². The van der Waals surface area contributed by atoms with Crippen molar-refractivity contribution in [2.75, 3.05) is 31.5 Å². The van der Waals surface area contributed by atoms with Gasteiger partial charge in [0, 0.05) is 31.2 Å². The third-order valence-corrected chi connectivity index (χ3v) is 8.58. The van der Waals surface area contributed by atoms with Gasteiger partial charge in [0.25, 0.3) is 15.9 Å². The molecule has 10 nitrogen and oxygen atoms in total. The Labute approximate surface area is 244 Å². The Kier molecular flexibility index (Phi) is 9.50. The van der Waals surface area contributed by atoms with Gasteiger partial charge in [0.05, 0.1) is 28.7 Å². The second-order valence-electron chi connectivity index (χ2n) is 10.6. The molecule has 3 aromatic rings. The Bertz CT molecular complexity index is 1530. The molecule has 3 aromatic carbocycles. The summed E-state index contributed by atoms with van der Waals surface area (Å²) in [5, 5.41) is 19.0. The molecule has 0 bridgehead atoms. The summed E-state index contributed by atoms with van der Waals surface area (Å²) in [5.41, 5.74) is 1.39. The summed E-state index contributed by atoms with van der Waals surface area (Å²) < 4.78 is 47.9. The predicted octanol–water partition coefficient (Wildman–Crippen LogP) is 3.68. The van der Waals surface area contributed by atoms with Crippen LogP contribution in [0.2, 0.25) is 0 Å². The number of amides is 1. The van der Waals surface area contributed by atoms with Crippen molar-refractivity contribution in [3.05, 3.63) is 89.2 Å². The van der Waals surface area contributed by atoms with Crippen molar-refractivity contribution < 1.29 is 37.3 Å². The van der Waals surface area contributed by atoms with E-state index in [9.17, 15) is 27.5 Å². The number of anilines is 1. The normalized spacial score (nSPS) is 18.0. The summed E-state index contributed by atoms with van der Waals surface area (Å²) in [6.45, 7) is 4.71. The number of ether oxygens (including phenoxy) is 1. The molecule has 42 heavy (non-hydrogen) atoms. The fourth-order valence-electron chi connectivity index (χ4n) is 4.77. The molecule has 0 radical (unpaired) electrons. The van der Waals surface area contributed by atoms with Gasteiger partial charge >= 0.3 is 5.97 Å².